The molecule has 1 nitrogen and oxygen atoms in total. The van der Waals surface area contributed by atoms with Crippen LogP contribution in [0.4, 0.5) is 4.39 Å². The lowest BCUT2D eigenvalue weighted by molar-refractivity contribution is 0.547. The van der Waals surface area contributed by atoms with Crippen LogP contribution in [0.2, 0.25) is 5.02 Å². The van der Waals surface area contributed by atoms with Crippen LogP contribution in [0.1, 0.15) is 11.1 Å². The van der Waals surface area contributed by atoms with Gasteiger partial charge in [-0.1, -0.05) is 55.6 Å². The third-order valence-electron chi connectivity index (χ3n) is 3.35. The van der Waals surface area contributed by atoms with Crippen molar-refractivity contribution in [1.82, 2.24) is 4.98 Å². The van der Waals surface area contributed by atoms with Crippen LogP contribution in [0.25, 0.3) is 0 Å². The van der Waals surface area contributed by atoms with Crippen molar-refractivity contribution >= 4 is 43.5 Å². The van der Waals surface area contributed by atoms with Gasteiger partial charge in [-0.05, 0) is 35.7 Å². The zero-order chi connectivity index (χ0) is 14.6. The summed E-state index contributed by atoms with van der Waals surface area (Å²) in [5, 5.41) is 2.14. The summed E-state index contributed by atoms with van der Waals surface area (Å²) < 4.78 is 13.1. The summed E-state index contributed by atoms with van der Waals surface area (Å²) in [5.41, 5.74) is 1.92. The molecule has 0 atom stereocenters. The number of aromatic nitrogens is 1. The van der Waals surface area contributed by atoms with Gasteiger partial charge in [0.25, 0.3) is 0 Å². The molecule has 0 saturated carbocycles. The van der Waals surface area contributed by atoms with Crippen molar-refractivity contribution in [2.24, 2.45) is 0 Å². The maximum absolute atomic E-state index is 13.1. The van der Waals surface area contributed by atoms with E-state index in [1.165, 1.54) is 12.1 Å². The third-order valence-corrected chi connectivity index (χ3v) is 5.84. The van der Waals surface area contributed by atoms with E-state index in [9.17, 15) is 4.39 Å². The lowest BCUT2D eigenvalue weighted by Crippen LogP contribution is -2.33. The minimum Gasteiger partial charge on any atom is -0.263 e. The Morgan fingerprint density at radius 1 is 1.10 bits per heavy atom. The molecule has 0 radical (unpaired) electrons. The SMILES string of the molecule is Fc1ccc(C(CBr)(CBr)Cc2ccncc2Cl)cc1. The van der Waals surface area contributed by atoms with E-state index in [-0.39, 0.29) is 11.2 Å². The van der Waals surface area contributed by atoms with Gasteiger partial charge in [0.2, 0.25) is 0 Å². The molecule has 0 aliphatic heterocycles. The Hall–Kier alpha value is -0.450. The molecule has 1 aromatic heterocycles. The molecule has 0 bridgehead atoms. The van der Waals surface area contributed by atoms with Gasteiger partial charge in [0.1, 0.15) is 5.82 Å². The normalized spacial score (nSPS) is 11.6. The lowest BCUT2D eigenvalue weighted by atomic mass is 9.79. The first-order valence-corrected chi connectivity index (χ1v) is 8.70. The second-order valence-electron chi connectivity index (χ2n) is 4.70. The fourth-order valence-electron chi connectivity index (χ4n) is 2.10. The lowest BCUT2D eigenvalue weighted by Gasteiger charge is -2.31. The van der Waals surface area contributed by atoms with E-state index in [4.69, 9.17) is 11.6 Å². The molecule has 0 fully saturated rings. The third kappa shape index (κ3) is 3.41. The summed E-state index contributed by atoms with van der Waals surface area (Å²) in [5.74, 6) is -0.228. The zero-order valence-electron chi connectivity index (χ0n) is 10.6. The highest BCUT2D eigenvalue weighted by molar-refractivity contribution is 9.09. The van der Waals surface area contributed by atoms with E-state index in [0.29, 0.717) is 5.02 Å². The predicted molar refractivity (Wildman–Crippen MR) is 88.6 cm³/mol. The highest BCUT2D eigenvalue weighted by Crippen LogP contribution is 2.34. The minimum absolute atomic E-state index is 0.182. The van der Waals surface area contributed by atoms with Crippen LogP contribution in [-0.2, 0) is 11.8 Å². The van der Waals surface area contributed by atoms with Crippen LogP contribution in [0.3, 0.4) is 0 Å². The van der Waals surface area contributed by atoms with Crippen molar-refractivity contribution in [2.45, 2.75) is 11.8 Å². The molecule has 0 spiro atoms. The van der Waals surface area contributed by atoms with Gasteiger partial charge in [-0.3, -0.25) is 4.98 Å². The van der Waals surface area contributed by atoms with E-state index in [0.717, 1.165) is 28.2 Å². The van der Waals surface area contributed by atoms with Gasteiger partial charge in [-0.15, -0.1) is 0 Å². The van der Waals surface area contributed by atoms with Crippen LogP contribution in [0.15, 0.2) is 42.7 Å². The summed E-state index contributed by atoms with van der Waals surface area (Å²) in [6, 6.07) is 8.55. The van der Waals surface area contributed by atoms with Crippen LogP contribution in [0, 0.1) is 5.82 Å². The summed E-state index contributed by atoms with van der Waals surface area (Å²) in [4.78, 5) is 4.01. The van der Waals surface area contributed by atoms with E-state index in [2.05, 4.69) is 36.8 Å². The number of nitrogens with zero attached hydrogens (tertiary/aromatic N) is 1. The average Bonchev–Trinajstić information content (AvgIpc) is 2.48. The molecule has 0 N–H and O–H groups in total. The summed E-state index contributed by atoms with van der Waals surface area (Å²) in [6.45, 7) is 0. The molecule has 1 heterocycles. The number of hydrogen-bond donors (Lipinski definition) is 0. The number of pyridine rings is 1. The second-order valence-corrected chi connectivity index (χ2v) is 6.23. The minimum atomic E-state index is -0.228. The van der Waals surface area contributed by atoms with E-state index < -0.39 is 0 Å². The fourth-order valence-corrected chi connectivity index (χ4v) is 4.26. The van der Waals surface area contributed by atoms with Gasteiger partial charge in [0.15, 0.2) is 0 Å². The molecule has 1 aromatic carbocycles. The van der Waals surface area contributed by atoms with Gasteiger partial charge < -0.3 is 0 Å². The van der Waals surface area contributed by atoms with E-state index in [1.807, 2.05) is 18.2 Å². The van der Waals surface area contributed by atoms with Crippen molar-refractivity contribution in [1.29, 1.82) is 0 Å². The molecule has 0 aliphatic carbocycles. The van der Waals surface area contributed by atoms with Crippen molar-refractivity contribution in [2.75, 3.05) is 10.7 Å². The first-order chi connectivity index (χ1) is 9.61. The first kappa shape index (κ1) is 15.9. The van der Waals surface area contributed by atoms with Crippen molar-refractivity contribution < 1.29 is 4.39 Å². The zero-order valence-corrected chi connectivity index (χ0v) is 14.5. The van der Waals surface area contributed by atoms with E-state index >= 15 is 0 Å². The highest BCUT2D eigenvalue weighted by atomic mass is 79.9. The fraction of sp³-hybridized carbons (Fsp3) is 0.267. The molecule has 2 aromatic rings. The number of alkyl halides is 2. The van der Waals surface area contributed by atoms with Gasteiger partial charge in [-0.25, -0.2) is 4.39 Å². The molecule has 0 saturated heterocycles. The van der Waals surface area contributed by atoms with Crippen molar-refractivity contribution in [3.63, 3.8) is 0 Å². The van der Waals surface area contributed by atoms with Gasteiger partial charge >= 0.3 is 0 Å². The van der Waals surface area contributed by atoms with Crippen LogP contribution in [0.5, 0.6) is 0 Å². The molecule has 106 valence electrons. The first-order valence-electron chi connectivity index (χ1n) is 6.08. The Labute approximate surface area is 139 Å². The largest absolute Gasteiger partial charge is 0.263 e. The molecule has 0 unspecified atom stereocenters. The molecule has 5 heteroatoms. The summed E-state index contributed by atoms with van der Waals surface area (Å²) in [7, 11) is 0. The predicted octanol–water partition coefficient (Wildman–Crippen LogP) is 5.14. The van der Waals surface area contributed by atoms with Crippen LogP contribution < -0.4 is 0 Å². The second kappa shape index (κ2) is 7.01. The molecule has 20 heavy (non-hydrogen) atoms. The van der Waals surface area contributed by atoms with Crippen molar-refractivity contribution in [3.05, 3.63) is 64.7 Å². The van der Waals surface area contributed by atoms with Gasteiger partial charge in [0, 0.05) is 28.5 Å². The Bertz CT molecular complexity index is 570. The van der Waals surface area contributed by atoms with Gasteiger partial charge in [0.05, 0.1) is 5.02 Å². The molecule has 0 amide bonds. The topological polar surface area (TPSA) is 12.9 Å². The molecular formula is C15H13Br2ClFN. The Balaban J connectivity index is 2.39. The Morgan fingerprint density at radius 2 is 1.75 bits per heavy atom. The molecule has 2 rings (SSSR count). The highest BCUT2D eigenvalue weighted by Gasteiger charge is 2.31. The van der Waals surface area contributed by atoms with Crippen LogP contribution in [-0.4, -0.2) is 15.6 Å². The Morgan fingerprint density at radius 3 is 2.30 bits per heavy atom. The summed E-state index contributed by atoms with van der Waals surface area (Å²) in [6.07, 6.45) is 4.13. The van der Waals surface area contributed by atoms with Crippen molar-refractivity contribution in [3.8, 4) is 0 Å². The molecule has 0 aliphatic rings. The average molecular weight is 422 g/mol. The number of halogens is 4. The number of benzene rings is 1. The van der Waals surface area contributed by atoms with E-state index in [1.54, 1.807) is 12.4 Å². The standard InChI is InChI=1S/C15H13Br2ClFN/c16-9-15(10-17,12-1-3-13(19)4-2-12)7-11-5-6-20-8-14(11)18/h1-6,8H,7,9-10H2. The number of rotatable bonds is 5. The van der Waals surface area contributed by atoms with Crippen LogP contribution >= 0.6 is 43.5 Å². The Kier molecular flexibility index (Phi) is 5.58. The summed E-state index contributed by atoms with van der Waals surface area (Å²) >= 11 is 13.4. The maximum atomic E-state index is 13.1. The smallest absolute Gasteiger partial charge is 0.123 e. The maximum Gasteiger partial charge on any atom is 0.123 e. The molecular weight excluding hydrogens is 408 g/mol. The monoisotopic (exact) mass is 419 g/mol. The number of hydrogen-bond acceptors (Lipinski definition) is 1. The quantitative estimate of drug-likeness (QED) is 0.609. The van der Waals surface area contributed by atoms with Gasteiger partial charge in [-0.2, -0.15) is 0 Å².